The lowest BCUT2D eigenvalue weighted by Crippen LogP contribution is -2.03. The second-order valence-corrected chi connectivity index (χ2v) is 5.88. The van der Waals surface area contributed by atoms with Gasteiger partial charge in [0.25, 0.3) is 0 Å². The van der Waals surface area contributed by atoms with E-state index in [2.05, 4.69) is 10.8 Å². The van der Waals surface area contributed by atoms with Crippen LogP contribution >= 0.6 is 10.9 Å². The van der Waals surface area contributed by atoms with Gasteiger partial charge in [-0.2, -0.15) is 10.9 Å². The van der Waals surface area contributed by atoms with Crippen molar-refractivity contribution in [3.05, 3.63) is 52.8 Å². The van der Waals surface area contributed by atoms with Crippen LogP contribution in [-0.4, -0.2) is 16.9 Å². The van der Waals surface area contributed by atoms with E-state index in [0.29, 0.717) is 5.56 Å². The number of thiol groups is 1. The summed E-state index contributed by atoms with van der Waals surface area (Å²) in [5.41, 5.74) is 0.585. The molecule has 0 bridgehead atoms. The summed E-state index contributed by atoms with van der Waals surface area (Å²) in [5, 5.41) is 12.8. The molecule has 0 unspecified atom stereocenters. The van der Waals surface area contributed by atoms with Crippen LogP contribution in [0.2, 0.25) is 0 Å². The Bertz CT molecular complexity index is 502. The second kappa shape index (κ2) is 5.69. The Morgan fingerprint density at radius 2 is 1.61 bits per heavy atom. The zero-order valence-corrected chi connectivity index (χ0v) is 10.6. The summed E-state index contributed by atoms with van der Waals surface area (Å²) >= 11 is 0. The van der Waals surface area contributed by atoms with Crippen LogP contribution in [0.15, 0.2) is 52.1 Å². The Hall–Kier alpha value is -1.81. The first-order valence-corrected chi connectivity index (χ1v) is 7.13. The van der Waals surface area contributed by atoms with Crippen LogP contribution in [0, 0.1) is 0 Å². The van der Waals surface area contributed by atoms with Crippen molar-refractivity contribution in [3.8, 4) is 0 Å². The van der Waals surface area contributed by atoms with Crippen LogP contribution in [0.3, 0.4) is 0 Å². The molecule has 0 fully saturated rings. The van der Waals surface area contributed by atoms with Gasteiger partial charge in [0, 0.05) is 12.0 Å². The molecule has 1 aromatic rings. The third kappa shape index (κ3) is 3.11. The molecule has 18 heavy (non-hydrogen) atoms. The highest BCUT2D eigenvalue weighted by molar-refractivity contribution is 8.22. The fourth-order valence-electron chi connectivity index (χ4n) is 1.69. The highest BCUT2D eigenvalue weighted by Crippen LogP contribution is 2.41. The Morgan fingerprint density at radius 1 is 1.00 bits per heavy atom. The topological polar surface area (TPSA) is 54.4 Å². The number of aliphatic carboxylic acids is 1. The molecule has 0 saturated carbocycles. The molecule has 0 radical (unpaired) electrons. The summed E-state index contributed by atoms with van der Waals surface area (Å²) in [4.78, 5) is 23.3. The van der Waals surface area contributed by atoms with E-state index in [4.69, 9.17) is 5.11 Å². The maximum atomic E-state index is 11.7. The number of carbonyl (C=O) groups is 2. The van der Waals surface area contributed by atoms with Crippen molar-refractivity contribution in [3.63, 3.8) is 0 Å². The highest BCUT2D eigenvalue weighted by atomic mass is 32.2. The van der Waals surface area contributed by atoms with Crippen LogP contribution < -0.4 is 0 Å². The molecule has 0 aromatic heterocycles. The molecule has 0 atom stereocenters. The van der Waals surface area contributed by atoms with Crippen molar-refractivity contribution < 1.29 is 14.7 Å². The number of ketones is 1. The van der Waals surface area contributed by atoms with Crippen LogP contribution in [0.4, 0.5) is 0 Å². The van der Waals surface area contributed by atoms with Gasteiger partial charge in [-0.3, -0.25) is 9.59 Å². The number of carboxylic acids is 1. The van der Waals surface area contributed by atoms with E-state index in [-0.39, 0.29) is 29.5 Å². The zero-order chi connectivity index (χ0) is 13.0. The third-order valence-corrected chi connectivity index (χ3v) is 4.54. The molecule has 1 aromatic carbocycles. The van der Waals surface area contributed by atoms with Gasteiger partial charge in [0.2, 0.25) is 0 Å². The molecule has 1 heterocycles. The van der Waals surface area contributed by atoms with Crippen molar-refractivity contribution in [2.24, 2.45) is 0 Å². The smallest absolute Gasteiger partial charge is 0.303 e. The minimum absolute atomic E-state index is 0.0588. The van der Waals surface area contributed by atoms with E-state index >= 15 is 0 Å². The van der Waals surface area contributed by atoms with Gasteiger partial charge in [0.1, 0.15) is 0 Å². The Labute approximate surface area is 108 Å². The first-order chi connectivity index (χ1) is 8.66. The van der Waals surface area contributed by atoms with E-state index in [1.54, 1.807) is 12.1 Å². The first kappa shape index (κ1) is 12.6. The zero-order valence-electron chi connectivity index (χ0n) is 9.74. The maximum Gasteiger partial charge on any atom is 0.303 e. The van der Waals surface area contributed by atoms with Crippen LogP contribution in [0.25, 0.3) is 0 Å². The predicted octanol–water partition coefficient (Wildman–Crippen LogP) is 3.14. The van der Waals surface area contributed by atoms with E-state index < -0.39 is 5.97 Å². The summed E-state index contributed by atoms with van der Waals surface area (Å²) < 4.78 is 0. The van der Waals surface area contributed by atoms with Crippen molar-refractivity contribution in [2.45, 2.75) is 17.7 Å². The van der Waals surface area contributed by atoms with Crippen LogP contribution in [0.1, 0.15) is 23.2 Å². The van der Waals surface area contributed by atoms with Crippen molar-refractivity contribution in [1.29, 1.82) is 0 Å². The van der Waals surface area contributed by atoms with Gasteiger partial charge in [-0.05, 0) is 27.8 Å². The van der Waals surface area contributed by atoms with E-state index in [1.165, 1.54) is 4.90 Å². The molecule has 2 rings (SSSR count). The number of hydrogen-bond acceptors (Lipinski definition) is 2. The lowest BCUT2D eigenvalue weighted by Gasteiger charge is -2.10. The second-order valence-electron chi connectivity index (χ2n) is 3.95. The quantitative estimate of drug-likeness (QED) is 0.633. The van der Waals surface area contributed by atoms with Gasteiger partial charge < -0.3 is 5.11 Å². The van der Waals surface area contributed by atoms with Gasteiger partial charge in [-0.1, -0.05) is 24.3 Å². The lowest BCUT2D eigenvalue weighted by molar-refractivity contribution is -0.136. The molecule has 0 spiro atoms. The largest absolute Gasteiger partial charge is 0.481 e. The highest BCUT2D eigenvalue weighted by Gasteiger charge is 2.09. The predicted molar refractivity (Wildman–Crippen MR) is 73.2 cm³/mol. The SMILES string of the molecule is O=C(O)CCC(=O)c1ccc([SH]2C=CC=C2)cc1. The molecule has 0 aliphatic carbocycles. The molecule has 0 amide bonds. The average molecular weight is 262 g/mol. The Morgan fingerprint density at radius 3 is 2.17 bits per heavy atom. The summed E-state index contributed by atoms with van der Waals surface area (Å²) in [5.74, 6) is -1.06. The number of Topliss-reactive ketones (excluding diaryl/α,β-unsaturated/α-hetero) is 1. The monoisotopic (exact) mass is 262 g/mol. The van der Waals surface area contributed by atoms with Gasteiger partial charge in [0.15, 0.2) is 5.78 Å². The molecule has 1 aliphatic heterocycles. The Balaban J connectivity index is 2.03. The van der Waals surface area contributed by atoms with Gasteiger partial charge >= 0.3 is 5.97 Å². The fraction of sp³-hybridized carbons (Fsp3) is 0.143. The fourth-order valence-corrected chi connectivity index (χ4v) is 3.20. The number of allylic oxidation sites excluding steroid dienone is 2. The molecule has 1 aliphatic rings. The summed E-state index contributed by atoms with van der Waals surface area (Å²) in [6, 6.07) is 7.45. The first-order valence-electron chi connectivity index (χ1n) is 5.65. The lowest BCUT2D eigenvalue weighted by atomic mass is 10.1. The number of carboxylic acid groups (broad SMARTS) is 1. The van der Waals surface area contributed by atoms with Crippen LogP contribution in [0.5, 0.6) is 0 Å². The van der Waals surface area contributed by atoms with Crippen molar-refractivity contribution in [2.75, 3.05) is 0 Å². The molecule has 4 heteroatoms. The molecule has 1 N–H and O–H groups in total. The molecule has 0 saturated heterocycles. The number of hydrogen-bond donors (Lipinski definition) is 2. The number of benzene rings is 1. The van der Waals surface area contributed by atoms with E-state index in [9.17, 15) is 9.59 Å². The third-order valence-electron chi connectivity index (χ3n) is 2.66. The number of carbonyl (C=O) groups excluding carboxylic acids is 1. The molecule has 3 nitrogen and oxygen atoms in total. The normalized spacial score (nSPS) is 15.0. The maximum absolute atomic E-state index is 11.7. The van der Waals surface area contributed by atoms with Gasteiger partial charge in [-0.25, -0.2) is 0 Å². The minimum Gasteiger partial charge on any atom is -0.481 e. The van der Waals surface area contributed by atoms with E-state index in [1.807, 2.05) is 24.3 Å². The molecular weight excluding hydrogens is 248 g/mol. The van der Waals surface area contributed by atoms with Crippen molar-refractivity contribution >= 4 is 22.6 Å². The summed E-state index contributed by atoms with van der Waals surface area (Å²) in [7, 11) is -0.357. The van der Waals surface area contributed by atoms with Gasteiger partial charge in [0.05, 0.1) is 6.42 Å². The summed E-state index contributed by atoms with van der Waals surface area (Å²) in [6.07, 6.45) is 4.00. The molecular formula is C14H14O3S. The standard InChI is InChI=1S/C14H14O3S/c15-13(7-8-14(16)17)11-3-5-12(6-4-11)18-9-1-2-10-18/h1-6,9-10,18H,7-8H2,(H,16,17). The van der Waals surface area contributed by atoms with Crippen molar-refractivity contribution in [1.82, 2.24) is 0 Å². The minimum atomic E-state index is -0.940. The number of rotatable bonds is 5. The summed E-state index contributed by atoms with van der Waals surface area (Å²) in [6.45, 7) is 0. The van der Waals surface area contributed by atoms with E-state index in [0.717, 1.165) is 0 Å². The Kier molecular flexibility index (Phi) is 3.99. The molecule has 94 valence electrons. The average Bonchev–Trinajstić information content (AvgIpc) is 2.90. The van der Waals surface area contributed by atoms with Gasteiger partial charge in [-0.15, -0.1) is 0 Å². The van der Waals surface area contributed by atoms with Crippen LogP contribution in [-0.2, 0) is 4.79 Å².